The van der Waals surface area contributed by atoms with Gasteiger partial charge in [-0.25, -0.2) is 0 Å². The van der Waals surface area contributed by atoms with Crippen LogP contribution in [0.25, 0.3) is 0 Å². The number of nitrogens with one attached hydrogen (secondary N) is 2. The number of aromatic nitrogens is 2. The van der Waals surface area contributed by atoms with E-state index < -0.39 is 0 Å². The van der Waals surface area contributed by atoms with Crippen molar-refractivity contribution in [1.82, 2.24) is 15.1 Å². The van der Waals surface area contributed by atoms with Crippen LogP contribution in [0.3, 0.4) is 0 Å². The predicted molar refractivity (Wildman–Crippen MR) is 87.7 cm³/mol. The van der Waals surface area contributed by atoms with E-state index in [1.54, 1.807) is 29.1 Å². The summed E-state index contributed by atoms with van der Waals surface area (Å²) in [5, 5.41) is 12.2. The zero-order valence-corrected chi connectivity index (χ0v) is 13.5. The molecule has 2 rings (SSSR count). The highest BCUT2D eigenvalue weighted by Crippen LogP contribution is 2.25. The molecule has 1 aromatic heterocycles. The highest BCUT2D eigenvalue weighted by Gasteiger charge is 2.08. The predicted octanol–water partition coefficient (Wildman–Crippen LogP) is 3.87. The van der Waals surface area contributed by atoms with Gasteiger partial charge in [0.1, 0.15) is 0 Å². The molecule has 0 spiro atoms. The first-order chi connectivity index (χ1) is 9.47. The lowest BCUT2D eigenvalue weighted by molar-refractivity contribution is 0.695. The Morgan fingerprint density at radius 1 is 1.30 bits per heavy atom. The summed E-state index contributed by atoms with van der Waals surface area (Å²) in [7, 11) is 1.81. The van der Waals surface area contributed by atoms with E-state index in [1.165, 1.54) is 0 Å². The molecule has 0 aliphatic carbocycles. The molecule has 4 nitrogen and oxygen atoms in total. The molecule has 1 heterocycles. The fourth-order valence-corrected chi connectivity index (χ4v) is 2.31. The Hall–Kier alpha value is -1.01. The Kier molecular flexibility index (Phi) is 5.10. The van der Waals surface area contributed by atoms with Crippen LogP contribution in [-0.4, -0.2) is 14.9 Å². The van der Waals surface area contributed by atoms with E-state index in [0.717, 1.165) is 5.69 Å². The molecule has 0 fully saturated rings. The number of hydrogen-bond donors (Lipinski definition) is 2. The number of rotatable bonds is 3. The van der Waals surface area contributed by atoms with E-state index in [4.69, 9.17) is 47.0 Å². The first kappa shape index (κ1) is 15.4. The minimum absolute atomic E-state index is 0.423. The van der Waals surface area contributed by atoms with Crippen LogP contribution in [0.2, 0.25) is 15.1 Å². The van der Waals surface area contributed by atoms with Crippen molar-refractivity contribution in [2.45, 2.75) is 6.54 Å². The van der Waals surface area contributed by atoms with E-state index in [9.17, 15) is 0 Å². The molecule has 106 valence electrons. The van der Waals surface area contributed by atoms with E-state index in [2.05, 4.69) is 15.7 Å². The minimum Gasteiger partial charge on any atom is -0.357 e. The Labute approximate surface area is 137 Å². The molecule has 0 aliphatic heterocycles. The first-order valence-electron chi connectivity index (χ1n) is 5.63. The Morgan fingerprint density at radius 3 is 2.70 bits per heavy atom. The molecule has 1 aromatic carbocycles. The molecule has 8 heteroatoms. The molecule has 0 unspecified atom stereocenters. The smallest absolute Gasteiger partial charge is 0.171 e. The van der Waals surface area contributed by atoms with Crippen LogP contribution in [0.5, 0.6) is 0 Å². The third-order valence-corrected chi connectivity index (χ3v) is 3.73. The molecule has 0 bridgehead atoms. The number of anilines is 1. The molecule has 0 amide bonds. The zero-order valence-electron chi connectivity index (χ0n) is 10.5. The van der Waals surface area contributed by atoms with Gasteiger partial charge in [-0.3, -0.25) is 4.68 Å². The zero-order chi connectivity index (χ0) is 14.7. The maximum Gasteiger partial charge on any atom is 0.171 e. The van der Waals surface area contributed by atoms with Crippen molar-refractivity contribution >= 4 is 57.8 Å². The quantitative estimate of drug-likeness (QED) is 0.826. The third kappa shape index (κ3) is 3.76. The van der Waals surface area contributed by atoms with Gasteiger partial charge in [0, 0.05) is 12.1 Å². The number of aryl methyl sites for hydroxylation is 1. The maximum atomic E-state index is 6.05. The molecule has 0 saturated carbocycles. The van der Waals surface area contributed by atoms with Crippen LogP contribution >= 0.6 is 47.0 Å². The Balaban J connectivity index is 1.98. The van der Waals surface area contributed by atoms with E-state index >= 15 is 0 Å². The number of hydrogen-bond acceptors (Lipinski definition) is 2. The molecule has 2 aromatic rings. The standard InChI is InChI=1S/C12H11Cl3N4S/c1-19-11(9(15)5-17-19)6-16-12(20)18-10-4-7(13)2-3-8(10)14/h2-5H,6H2,1H3,(H2,16,18,20). The highest BCUT2D eigenvalue weighted by molar-refractivity contribution is 7.80. The summed E-state index contributed by atoms with van der Waals surface area (Å²) in [5.41, 5.74) is 1.49. The van der Waals surface area contributed by atoms with Gasteiger partial charge in [0.15, 0.2) is 5.11 Å². The van der Waals surface area contributed by atoms with Gasteiger partial charge in [-0.1, -0.05) is 34.8 Å². The number of thiocarbonyl (C=S) groups is 1. The second-order valence-electron chi connectivity index (χ2n) is 3.99. The van der Waals surface area contributed by atoms with E-state index in [-0.39, 0.29) is 0 Å². The fourth-order valence-electron chi connectivity index (χ4n) is 1.56. The van der Waals surface area contributed by atoms with Crippen LogP contribution in [0.4, 0.5) is 5.69 Å². The van der Waals surface area contributed by atoms with Gasteiger partial charge in [-0.2, -0.15) is 5.10 Å². The largest absolute Gasteiger partial charge is 0.357 e. The van der Waals surface area contributed by atoms with Gasteiger partial charge >= 0.3 is 0 Å². The maximum absolute atomic E-state index is 6.05. The summed E-state index contributed by atoms with van der Waals surface area (Å²) in [6.45, 7) is 0.458. The van der Waals surface area contributed by atoms with Crippen molar-refractivity contribution in [1.29, 1.82) is 0 Å². The SMILES string of the molecule is Cn1ncc(Cl)c1CNC(=S)Nc1cc(Cl)ccc1Cl. The lowest BCUT2D eigenvalue weighted by atomic mass is 10.3. The monoisotopic (exact) mass is 348 g/mol. The summed E-state index contributed by atoms with van der Waals surface area (Å²) in [5.74, 6) is 0. The van der Waals surface area contributed by atoms with Crippen molar-refractivity contribution in [2.75, 3.05) is 5.32 Å². The van der Waals surface area contributed by atoms with E-state index in [0.29, 0.717) is 32.4 Å². The summed E-state index contributed by atoms with van der Waals surface area (Å²) in [6.07, 6.45) is 1.59. The highest BCUT2D eigenvalue weighted by atomic mass is 35.5. The molecule has 0 aliphatic rings. The molecule has 0 radical (unpaired) electrons. The number of halogens is 3. The second kappa shape index (κ2) is 6.63. The van der Waals surface area contributed by atoms with Gasteiger partial charge in [0.25, 0.3) is 0 Å². The average Bonchev–Trinajstić information content (AvgIpc) is 2.71. The first-order valence-corrected chi connectivity index (χ1v) is 7.18. The topological polar surface area (TPSA) is 41.9 Å². The minimum atomic E-state index is 0.423. The number of nitrogens with zero attached hydrogens (tertiary/aromatic N) is 2. The van der Waals surface area contributed by atoms with Crippen molar-refractivity contribution in [3.05, 3.63) is 45.2 Å². The molecular weight excluding hydrogens is 339 g/mol. The molecule has 20 heavy (non-hydrogen) atoms. The van der Waals surface area contributed by atoms with Crippen LogP contribution in [0.15, 0.2) is 24.4 Å². The lowest BCUT2D eigenvalue weighted by Crippen LogP contribution is -2.29. The van der Waals surface area contributed by atoms with Crippen molar-refractivity contribution < 1.29 is 0 Å². The molecule has 0 saturated heterocycles. The van der Waals surface area contributed by atoms with Gasteiger partial charge in [0.2, 0.25) is 0 Å². The Bertz CT molecular complexity index is 622. The average molecular weight is 350 g/mol. The fraction of sp³-hybridized carbons (Fsp3) is 0.167. The van der Waals surface area contributed by atoms with E-state index in [1.807, 2.05) is 7.05 Å². The lowest BCUT2D eigenvalue weighted by Gasteiger charge is -2.12. The molecule has 2 N–H and O–H groups in total. The number of benzene rings is 1. The van der Waals surface area contributed by atoms with Crippen LogP contribution in [0, 0.1) is 0 Å². The summed E-state index contributed by atoms with van der Waals surface area (Å²) in [4.78, 5) is 0. The van der Waals surface area contributed by atoms with Crippen LogP contribution < -0.4 is 10.6 Å². The normalized spacial score (nSPS) is 10.4. The summed E-state index contributed by atoms with van der Waals surface area (Å²) < 4.78 is 1.68. The molecule has 0 atom stereocenters. The van der Waals surface area contributed by atoms with Crippen LogP contribution in [0.1, 0.15) is 5.69 Å². The Morgan fingerprint density at radius 2 is 2.05 bits per heavy atom. The van der Waals surface area contributed by atoms with Crippen molar-refractivity contribution in [3.8, 4) is 0 Å². The second-order valence-corrected chi connectivity index (χ2v) is 5.65. The third-order valence-electron chi connectivity index (χ3n) is 2.60. The van der Waals surface area contributed by atoms with Crippen LogP contribution in [-0.2, 0) is 13.6 Å². The summed E-state index contributed by atoms with van der Waals surface area (Å²) in [6, 6.07) is 5.11. The summed E-state index contributed by atoms with van der Waals surface area (Å²) >= 11 is 23.2. The van der Waals surface area contributed by atoms with Crippen molar-refractivity contribution in [3.63, 3.8) is 0 Å². The van der Waals surface area contributed by atoms with Crippen molar-refractivity contribution in [2.24, 2.45) is 7.05 Å². The van der Waals surface area contributed by atoms with Gasteiger partial charge in [-0.15, -0.1) is 0 Å². The van der Waals surface area contributed by atoms with Gasteiger partial charge < -0.3 is 10.6 Å². The molecular formula is C12H11Cl3N4S. The van der Waals surface area contributed by atoms with Gasteiger partial charge in [0.05, 0.1) is 34.2 Å². The van der Waals surface area contributed by atoms with Gasteiger partial charge in [-0.05, 0) is 30.4 Å².